The van der Waals surface area contributed by atoms with E-state index in [0.29, 0.717) is 0 Å². The van der Waals surface area contributed by atoms with Crippen LogP contribution in [0.25, 0.3) is 108 Å². The summed E-state index contributed by atoms with van der Waals surface area (Å²) in [6, 6.07) is 92.8. The van der Waals surface area contributed by atoms with Gasteiger partial charge in [0, 0.05) is 47.9 Å². The van der Waals surface area contributed by atoms with Crippen molar-refractivity contribution in [1.29, 1.82) is 0 Å². The van der Waals surface area contributed by atoms with Crippen LogP contribution < -0.4 is 4.90 Å². The quantitative estimate of drug-likeness (QED) is 0.144. The Bertz CT molecular complexity index is 4210. The lowest BCUT2D eigenvalue weighted by Crippen LogP contribution is -2.17. The number of benzene rings is 12. The predicted octanol–water partition coefficient (Wildman–Crippen LogP) is 20.0. The topological polar surface area (TPSA) is 3.24 Å². The van der Waals surface area contributed by atoms with Gasteiger partial charge in [-0.05, 0) is 125 Å². The van der Waals surface area contributed by atoms with Crippen LogP contribution in [0.5, 0.6) is 0 Å². The molecule has 1 aliphatic rings. The van der Waals surface area contributed by atoms with Gasteiger partial charge in [0.15, 0.2) is 0 Å². The van der Waals surface area contributed by atoms with Crippen molar-refractivity contribution in [2.45, 2.75) is 19.3 Å². The van der Waals surface area contributed by atoms with Crippen molar-refractivity contribution in [1.82, 2.24) is 0 Å². The molecule has 0 fully saturated rings. The Morgan fingerprint density at radius 1 is 0.296 bits per heavy atom. The molecule has 1 aromatic heterocycles. The van der Waals surface area contributed by atoms with Gasteiger partial charge in [-0.3, -0.25) is 0 Å². The second-order valence-electron chi connectivity index (χ2n) is 19.5. The molecule has 1 aliphatic carbocycles. The number of fused-ring (bicyclic) bond motifs is 12. The first-order valence-electron chi connectivity index (χ1n) is 24.7. The number of hydrogen-bond acceptors (Lipinski definition) is 2. The molecule has 0 bridgehead atoms. The van der Waals surface area contributed by atoms with Crippen LogP contribution in [0.15, 0.2) is 249 Å². The van der Waals surface area contributed by atoms with E-state index >= 15 is 0 Å². The highest BCUT2D eigenvalue weighted by Crippen LogP contribution is 2.55. The standard InChI is InChI=1S/C69H47NS/c1-69(2)61-33-17-16-29-54(61)55-39-37-48(43-62(55)69)70(47-36-38-49(44-20-6-3-7-21-44)60(42-47)46-24-10-5-11-25-46)68-59(41-40-58-53-28-13-12-26-51(53)52-27-14-15-30-56(52)65(58)68)57-32-19-35-64-67(57)66-50(31-18-34-63(66)71-64)45-22-8-4-9-23-45/h3-43H,1-2H3. The molecule has 0 aliphatic heterocycles. The summed E-state index contributed by atoms with van der Waals surface area (Å²) in [7, 11) is 0. The van der Waals surface area contributed by atoms with Crippen LogP contribution in [0.4, 0.5) is 17.1 Å². The normalized spacial score (nSPS) is 12.8. The Balaban J connectivity index is 1.16. The summed E-state index contributed by atoms with van der Waals surface area (Å²) in [5.74, 6) is 0. The highest BCUT2D eigenvalue weighted by atomic mass is 32.1. The number of nitrogens with zero attached hydrogens (tertiary/aromatic N) is 1. The van der Waals surface area contributed by atoms with Crippen molar-refractivity contribution in [3.05, 3.63) is 260 Å². The molecule has 71 heavy (non-hydrogen) atoms. The van der Waals surface area contributed by atoms with Crippen molar-refractivity contribution in [2.75, 3.05) is 4.90 Å². The Labute approximate surface area is 418 Å². The number of rotatable bonds is 7. The van der Waals surface area contributed by atoms with E-state index < -0.39 is 0 Å². The molecule has 0 saturated carbocycles. The monoisotopic (exact) mass is 921 g/mol. The molecule has 14 rings (SSSR count). The number of hydrogen-bond donors (Lipinski definition) is 0. The van der Waals surface area contributed by atoms with Crippen LogP contribution in [0.2, 0.25) is 0 Å². The summed E-state index contributed by atoms with van der Waals surface area (Å²) in [6.07, 6.45) is 0. The highest BCUT2D eigenvalue weighted by Gasteiger charge is 2.36. The van der Waals surface area contributed by atoms with E-state index in [4.69, 9.17) is 0 Å². The van der Waals surface area contributed by atoms with Crippen molar-refractivity contribution in [3.8, 4) is 55.6 Å². The lowest BCUT2D eigenvalue weighted by molar-refractivity contribution is 0.660. The molecule has 0 spiro atoms. The zero-order valence-corrected chi connectivity index (χ0v) is 40.3. The minimum Gasteiger partial charge on any atom is -0.309 e. The summed E-state index contributed by atoms with van der Waals surface area (Å²) < 4.78 is 2.56. The van der Waals surface area contributed by atoms with Crippen LogP contribution in [-0.2, 0) is 5.41 Å². The maximum absolute atomic E-state index is 2.62. The van der Waals surface area contributed by atoms with Gasteiger partial charge in [0.2, 0.25) is 0 Å². The highest BCUT2D eigenvalue weighted by molar-refractivity contribution is 7.26. The number of thiophene rings is 1. The molecule has 0 amide bonds. The van der Waals surface area contributed by atoms with Crippen molar-refractivity contribution < 1.29 is 0 Å². The average Bonchev–Trinajstić information content (AvgIpc) is 3.93. The van der Waals surface area contributed by atoms with Crippen LogP contribution >= 0.6 is 11.3 Å². The van der Waals surface area contributed by atoms with Crippen molar-refractivity contribution in [2.24, 2.45) is 0 Å². The average molecular weight is 922 g/mol. The molecular weight excluding hydrogens is 875 g/mol. The van der Waals surface area contributed by atoms with Gasteiger partial charge in [-0.15, -0.1) is 11.3 Å². The first-order chi connectivity index (χ1) is 35.0. The Morgan fingerprint density at radius 2 is 0.746 bits per heavy atom. The van der Waals surface area contributed by atoms with Gasteiger partial charge in [-0.1, -0.05) is 226 Å². The van der Waals surface area contributed by atoms with E-state index in [1.807, 2.05) is 11.3 Å². The van der Waals surface area contributed by atoms with E-state index in [-0.39, 0.29) is 5.41 Å². The maximum atomic E-state index is 2.62. The van der Waals surface area contributed by atoms with Crippen molar-refractivity contribution in [3.63, 3.8) is 0 Å². The molecule has 0 N–H and O–H groups in total. The molecule has 1 heterocycles. The van der Waals surface area contributed by atoms with E-state index in [1.54, 1.807) is 0 Å². The van der Waals surface area contributed by atoms with Crippen molar-refractivity contribution >= 4 is 80.9 Å². The molecule has 1 nitrogen and oxygen atoms in total. The van der Waals surface area contributed by atoms with Gasteiger partial charge >= 0.3 is 0 Å². The smallest absolute Gasteiger partial charge is 0.0625 e. The molecule has 0 radical (unpaired) electrons. The summed E-state index contributed by atoms with van der Waals surface area (Å²) in [6.45, 7) is 4.79. The first-order valence-corrected chi connectivity index (χ1v) is 25.5. The molecule has 334 valence electrons. The lowest BCUT2D eigenvalue weighted by atomic mass is 9.82. The molecule has 0 atom stereocenters. The van der Waals surface area contributed by atoms with Gasteiger partial charge in [0.25, 0.3) is 0 Å². The fourth-order valence-electron chi connectivity index (χ4n) is 12.0. The largest absolute Gasteiger partial charge is 0.309 e. The fraction of sp³-hybridized carbons (Fsp3) is 0.0435. The SMILES string of the molecule is CC1(C)c2ccccc2-c2ccc(N(c3ccc(-c4ccccc4)c(-c4ccccc4)c3)c3c(-c4cccc5sc6cccc(-c7ccccc7)c6c45)ccc4c5ccccc5c5ccccc5c34)cc21. The molecular formula is C69H47NS. The van der Waals surface area contributed by atoms with E-state index in [2.05, 4.69) is 267 Å². The maximum Gasteiger partial charge on any atom is 0.0625 e. The zero-order chi connectivity index (χ0) is 47.2. The van der Waals surface area contributed by atoms with Gasteiger partial charge < -0.3 is 4.90 Å². The summed E-state index contributed by atoms with van der Waals surface area (Å²) in [5.41, 5.74) is 18.1. The van der Waals surface area contributed by atoms with Crippen LogP contribution in [0.3, 0.4) is 0 Å². The Hall–Kier alpha value is -8.56. The van der Waals surface area contributed by atoms with Gasteiger partial charge in [-0.25, -0.2) is 0 Å². The molecule has 0 saturated heterocycles. The molecule has 12 aromatic carbocycles. The summed E-state index contributed by atoms with van der Waals surface area (Å²) in [5, 5.41) is 10.0. The zero-order valence-electron chi connectivity index (χ0n) is 39.5. The second-order valence-corrected chi connectivity index (χ2v) is 20.6. The summed E-state index contributed by atoms with van der Waals surface area (Å²) in [4.78, 5) is 2.62. The fourth-order valence-corrected chi connectivity index (χ4v) is 13.2. The number of anilines is 3. The van der Waals surface area contributed by atoms with Crippen LogP contribution in [0, 0.1) is 0 Å². The lowest BCUT2D eigenvalue weighted by Gasteiger charge is -2.32. The van der Waals surface area contributed by atoms with Gasteiger partial charge in [-0.2, -0.15) is 0 Å². The predicted molar refractivity (Wildman–Crippen MR) is 306 cm³/mol. The van der Waals surface area contributed by atoms with Gasteiger partial charge in [0.05, 0.1) is 5.69 Å². The molecule has 13 aromatic rings. The van der Waals surface area contributed by atoms with E-state index in [1.165, 1.54) is 119 Å². The summed E-state index contributed by atoms with van der Waals surface area (Å²) >= 11 is 1.89. The minimum absolute atomic E-state index is 0.209. The third-order valence-corrected chi connectivity index (χ3v) is 16.4. The van der Waals surface area contributed by atoms with Gasteiger partial charge in [0.1, 0.15) is 0 Å². The molecule has 2 heteroatoms. The van der Waals surface area contributed by atoms with E-state index in [0.717, 1.165) is 17.1 Å². The molecule has 0 unspecified atom stereocenters. The van der Waals surface area contributed by atoms with Crippen LogP contribution in [-0.4, -0.2) is 0 Å². The third-order valence-electron chi connectivity index (χ3n) is 15.3. The second kappa shape index (κ2) is 16.3. The van der Waals surface area contributed by atoms with E-state index in [9.17, 15) is 0 Å². The third kappa shape index (κ3) is 6.45. The first kappa shape index (κ1) is 41.4. The minimum atomic E-state index is -0.209. The van der Waals surface area contributed by atoms with Crippen LogP contribution in [0.1, 0.15) is 25.0 Å². The Kier molecular flexibility index (Phi) is 9.49. The Morgan fingerprint density at radius 3 is 1.41 bits per heavy atom.